The molecule has 2 fully saturated rings. The maximum absolute atomic E-state index is 13.1. The molecular formula is C16H17F3O3S. The number of thiocarbonyl (C=S) groups is 1. The molecule has 0 radical (unpaired) electrons. The van der Waals surface area contributed by atoms with E-state index in [0.717, 1.165) is 5.56 Å². The summed E-state index contributed by atoms with van der Waals surface area (Å²) in [7, 11) is 0. The summed E-state index contributed by atoms with van der Waals surface area (Å²) in [5, 5.41) is -0.407. The summed E-state index contributed by atoms with van der Waals surface area (Å²) in [6, 6.07) is 9.68. The zero-order valence-corrected chi connectivity index (χ0v) is 13.2. The Hall–Kier alpha value is -1.34. The molecular weight excluding hydrogens is 329 g/mol. The van der Waals surface area contributed by atoms with E-state index in [1.807, 2.05) is 30.3 Å². The maximum atomic E-state index is 13.1. The second kappa shape index (κ2) is 6.28. The molecule has 1 aliphatic heterocycles. The van der Waals surface area contributed by atoms with Gasteiger partial charge in [-0.05, 0) is 31.2 Å². The van der Waals surface area contributed by atoms with Gasteiger partial charge in [-0.25, -0.2) is 0 Å². The lowest BCUT2D eigenvalue weighted by Crippen LogP contribution is -2.51. The highest BCUT2D eigenvalue weighted by molar-refractivity contribution is 7.79. The van der Waals surface area contributed by atoms with Gasteiger partial charge in [-0.15, -0.1) is 0 Å². The lowest BCUT2D eigenvalue weighted by atomic mass is 9.79. The van der Waals surface area contributed by atoms with E-state index < -0.39 is 23.1 Å². The van der Waals surface area contributed by atoms with E-state index >= 15 is 0 Å². The van der Waals surface area contributed by atoms with Gasteiger partial charge in [0.25, 0.3) is 0 Å². The van der Waals surface area contributed by atoms with Crippen molar-refractivity contribution in [3.05, 3.63) is 35.9 Å². The molecule has 3 rings (SSSR count). The second-order valence-electron chi connectivity index (χ2n) is 5.95. The highest BCUT2D eigenvalue weighted by atomic mass is 32.1. The number of hydrogen-bond acceptors (Lipinski definition) is 4. The summed E-state index contributed by atoms with van der Waals surface area (Å²) >= 11 is 4.69. The van der Waals surface area contributed by atoms with Crippen molar-refractivity contribution in [3.8, 4) is 0 Å². The van der Waals surface area contributed by atoms with E-state index in [9.17, 15) is 13.2 Å². The van der Waals surface area contributed by atoms with Crippen LogP contribution in [-0.4, -0.2) is 29.2 Å². The van der Waals surface area contributed by atoms with Gasteiger partial charge in [0, 0.05) is 12.2 Å². The van der Waals surface area contributed by atoms with Gasteiger partial charge in [-0.1, -0.05) is 30.3 Å². The largest absolute Gasteiger partial charge is 0.446 e. The minimum Gasteiger partial charge on any atom is -0.446 e. The lowest BCUT2D eigenvalue weighted by molar-refractivity contribution is -0.227. The molecule has 7 heteroatoms. The van der Waals surface area contributed by atoms with Crippen molar-refractivity contribution >= 4 is 17.5 Å². The van der Waals surface area contributed by atoms with Crippen molar-refractivity contribution in [2.24, 2.45) is 0 Å². The smallest absolute Gasteiger partial charge is 0.429 e. The van der Waals surface area contributed by atoms with E-state index in [1.54, 1.807) is 0 Å². The van der Waals surface area contributed by atoms with Gasteiger partial charge < -0.3 is 14.2 Å². The predicted molar refractivity (Wildman–Crippen MR) is 80.8 cm³/mol. The minimum absolute atomic E-state index is 0.0764. The van der Waals surface area contributed by atoms with Crippen LogP contribution in [0.1, 0.15) is 31.2 Å². The van der Waals surface area contributed by atoms with E-state index in [4.69, 9.17) is 14.2 Å². The Morgan fingerprint density at radius 3 is 2.43 bits per heavy atom. The number of benzene rings is 1. The first-order chi connectivity index (χ1) is 10.9. The first-order valence-electron chi connectivity index (χ1n) is 7.51. The number of ether oxygens (including phenoxy) is 3. The fourth-order valence-electron chi connectivity index (χ4n) is 3.21. The van der Waals surface area contributed by atoms with Gasteiger partial charge in [-0.3, -0.25) is 0 Å². The Kier molecular flexibility index (Phi) is 4.51. The number of halogens is 3. The van der Waals surface area contributed by atoms with Crippen LogP contribution in [-0.2, 0) is 20.8 Å². The molecule has 0 aromatic heterocycles. The van der Waals surface area contributed by atoms with Crippen LogP contribution in [0.4, 0.5) is 13.2 Å². The fraction of sp³-hybridized carbons (Fsp3) is 0.562. The van der Waals surface area contributed by atoms with Crippen LogP contribution in [0.15, 0.2) is 30.3 Å². The standard InChI is InChI=1S/C16H17F3O3S/c17-16(18,19)13-15(22-14(23)21-13)8-6-12(7-9-15)20-10-11-4-2-1-3-5-11/h1-5,12-13H,6-10H2/t12?,13-,15?/m0/s1. The zero-order valence-electron chi connectivity index (χ0n) is 12.3. The SMILES string of the molecule is FC(F)(F)[C@H]1OC(=S)OC12CCC(OCc1ccccc1)CC2. The van der Waals surface area contributed by atoms with Crippen LogP contribution in [0.2, 0.25) is 0 Å². The molecule has 1 aromatic rings. The topological polar surface area (TPSA) is 27.7 Å². The number of alkyl halides is 3. The van der Waals surface area contributed by atoms with Gasteiger partial charge in [0.15, 0.2) is 5.60 Å². The van der Waals surface area contributed by atoms with Crippen LogP contribution in [0.3, 0.4) is 0 Å². The summed E-state index contributed by atoms with van der Waals surface area (Å²) in [5.74, 6) is 0. The first kappa shape index (κ1) is 16.5. The highest BCUT2D eigenvalue weighted by Crippen LogP contribution is 2.46. The molecule has 0 N–H and O–H groups in total. The molecule has 1 saturated heterocycles. The monoisotopic (exact) mass is 346 g/mol. The molecule has 1 saturated carbocycles. The fourth-order valence-corrected chi connectivity index (χ4v) is 3.47. The van der Waals surface area contributed by atoms with Crippen molar-refractivity contribution in [1.29, 1.82) is 0 Å². The quantitative estimate of drug-likeness (QED) is 0.769. The van der Waals surface area contributed by atoms with E-state index in [-0.39, 0.29) is 18.9 Å². The zero-order chi connectivity index (χ0) is 16.5. The van der Waals surface area contributed by atoms with Crippen LogP contribution < -0.4 is 0 Å². The highest BCUT2D eigenvalue weighted by Gasteiger charge is 2.63. The Morgan fingerprint density at radius 1 is 1.17 bits per heavy atom. The third-order valence-corrected chi connectivity index (χ3v) is 4.56. The third-order valence-electron chi connectivity index (χ3n) is 4.38. The van der Waals surface area contributed by atoms with Crippen molar-refractivity contribution in [2.45, 2.75) is 56.3 Å². The molecule has 23 heavy (non-hydrogen) atoms. The lowest BCUT2D eigenvalue weighted by Gasteiger charge is -2.38. The van der Waals surface area contributed by atoms with Gasteiger partial charge >= 0.3 is 11.4 Å². The Labute approximate surface area is 137 Å². The Morgan fingerprint density at radius 2 is 1.83 bits per heavy atom. The summed E-state index contributed by atoms with van der Waals surface area (Å²) in [4.78, 5) is 0. The van der Waals surface area contributed by atoms with Crippen molar-refractivity contribution < 1.29 is 27.4 Å². The van der Waals surface area contributed by atoms with Crippen LogP contribution in [0, 0.1) is 0 Å². The number of hydrogen-bond donors (Lipinski definition) is 0. The van der Waals surface area contributed by atoms with Gasteiger partial charge in [0.1, 0.15) is 0 Å². The average molecular weight is 346 g/mol. The molecule has 0 unspecified atom stereocenters. The predicted octanol–water partition coefficient (Wildman–Crippen LogP) is 4.15. The molecule has 0 amide bonds. The number of rotatable bonds is 3. The maximum Gasteiger partial charge on any atom is 0.429 e. The summed E-state index contributed by atoms with van der Waals surface area (Å²) in [5.41, 5.74) is -0.343. The molecule has 3 nitrogen and oxygen atoms in total. The van der Waals surface area contributed by atoms with Crippen LogP contribution in [0.5, 0.6) is 0 Å². The molecule has 1 aromatic carbocycles. The van der Waals surface area contributed by atoms with E-state index in [1.165, 1.54) is 0 Å². The summed E-state index contributed by atoms with van der Waals surface area (Å²) in [6.07, 6.45) is -5.12. The molecule has 126 valence electrons. The molecule has 2 aliphatic rings. The molecule has 1 aliphatic carbocycles. The molecule has 1 spiro atoms. The third kappa shape index (κ3) is 3.61. The van der Waals surface area contributed by atoms with Gasteiger partial charge in [0.05, 0.1) is 12.7 Å². The van der Waals surface area contributed by atoms with E-state index in [0.29, 0.717) is 19.4 Å². The van der Waals surface area contributed by atoms with Gasteiger partial charge in [0.2, 0.25) is 6.10 Å². The minimum atomic E-state index is -4.49. The van der Waals surface area contributed by atoms with Crippen molar-refractivity contribution in [1.82, 2.24) is 0 Å². The molecule has 1 atom stereocenters. The second-order valence-corrected chi connectivity index (χ2v) is 6.29. The Bertz CT molecular complexity index is 553. The average Bonchev–Trinajstić information content (AvgIpc) is 2.84. The van der Waals surface area contributed by atoms with Crippen molar-refractivity contribution in [2.75, 3.05) is 0 Å². The van der Waals surface area contributed by atoms with Crippen LogP contribution >= 0.6 is 12.2 Å². The molecule has 1 heterocycles. The molecule has 0 bridgehead atoms. The first-order valence-corrected chi connectivity index (χ1v) is 7.92. The van der Waals surface area contributed by atoms with Gasteiger partial charge in [-0.2, -0.15) is 13.2 Å². The van der Waals surface area contributed by atoms with E-state index in [2.05, 4.69) is 12.2 Å². The summed E-state index contributed by atoms with van der Waals surface area (Å²) < 4.78 is 55.2. The Balaban J connectivity index is 1.58. The van der Waals surface area contributed by atoms with Crippen molar-refractivity contribution in [3.63, 3.8) is 0 Å². The van der Waals surface area contributed by atoms with Crippen LogP contribution in [0.25, 0.3) is 0 Å². The summed E-state index contributed by atoms with van der Waals surface area (Å²) in [6.45, 7) is 0.455. The normalized spacial score (nSPS) is 31.0.